The van der Waals surface area contributed by atoms with Crippen LogP contribution in [0.4, 0.5) is 10.5 Å². The molecule has 3 rings (SSSR count). The number of benzene rings is 1. The number of hydrogen-bond acceptors (Lipinski definition) is 5. The molecular formula is C18H19N3O5. The summed E-state index contributed by atoms with van der Waals surface area (Å²) in [5.74, 6) is -0.352. The van der Waals surface area contributed by atoms with Gasteiger partial charge in [0.25, 0.3) is 5.91 Å². The second-order valence-electron chi connectivity index (χ2n) is 5.76. The highest BCUT2D eigenvalue weighted by molar-refractivity contribution is 5.94. The molecule has 2 heterocycles. The molecule has 0 atom stereocenters. The first-order chi connectivity index (χ1) is 12.6. The van der Waals surface area contributed by atoms with Crippen molar-refractivity contribution in [3.8, 4) is 0 Å². The standard InChI is InChI=1S/C18H19N3O5/c1-25-17(23)13-4-2-5-14(12-13)19-18(24)21-9-7-20(8-10-21)16(22)15-6-3-11-26-15/h2-6,11-12H,7-10H2,1H3,(H,19,24). The van der Waals surface area contributed by atoms with Crippen LogP contribution in [0.2, 0.25) is 0 Å². The van der Waals surface area contributed by atoms with E-state index in [9.17, 15) is 14.4 Å². The molecule has 1 saturated heterocycles. The molecule has 1 N–H and O–H groups in total. The van der Waals surface area contributed by atoms with Crippen LogP contribution in [-0.2, 0) is 4.74 Å². The summed E-state index contributed by atoms with van der Waals surface area (Å²) in [5.41, 5.74) is 0.867. The third-order valence-corrected chi connectivity index (χ3v) is 4.12. The van der Waals surface area contributed by atoms with E-state index in [1.807, 2.05) is 0 Å². The fourth-order valence-corrected chi connectivity index (χ4v) is 2.71. The number of esters is 1. The molecule has 26 heavy (non-hydrogen) atoms. The number of carbonyl (C=O) groups is 3. The van der Waals surface area contributed by atoms with E-state index in [0.717, 1.165) is 0 Å². The Morgan fingerprint density at radius 1 is 1.04 bits per heavy atom. The molecule has 0 radical (unpaired) electrons. The van der Waals surface area contributed by atoms with Gasteiger partial charge in [-0.15, -0.1) is 0 Å². The van der Waals surface area contributed by atoms with Crippen molar-refractivity contribution in [3.63, 3.8) is 0 Å². The normalized spacial score (nSPS) is 14.0. The lowest BCUT2D eigenvalue weighted by Crippen LogP contribution is -2.51. The molecule has 0 bridgehead atoms. The van der Waals surface area contributed by atoms with Crippen LogP contribution in [0.5, 0.6) is 0 Å². The van der Waals surface area contributed by atoms with Gasteiger partial charge in [0, 0.05) is 31.9 Å². The summed E-state index contributed by atoms with van der Waals surface area (Å²) in [7, 11) is 1.30. The fourth-order valence-electron chi connectivity index (χ4n) is 2.71. The molecule has 8 nitrogen and oxygen atoms in total. The van der Waals surface area contributed by atoms with E-state index in [0.29, 0.717) is 43.2 Å². The number of methoxy groups -OCH3 is 1. The lowest BCUT2D eigenvalue weighted by Gasteiger charge is -2.34. The number of nitrogens with one attached hydrogen (secondary N) is 1. The number of hydrogen-bond donors (Lipinski definition) is 1. The second kappa shape index (κ2) is 7.73. The number of piperazine rings is 1. The van der Waals surface area contributed by atoms with Crippen molar-refractivity contribution < 1.29 is 23.5 Å². The Morgan fingerprint density at radius 3 is 2.42 bits per heavy atom. The van der Waals surface area contributed by atoms with E-state index >= 15 is 0 Å². The fraction of sp³-hybridized carbons (Fsp3) is 0.278. The van der Waals surface area contributed by atoms with Gasteiger partial charge in [0.1, 0.15) is 0 Å². The third-order valence-electron chi connectivity index (χ3n) is 4.12. The number of amides is 3. The van der Waals surface area contributed by atoms with Gasteiger partial charge in [-0.05, 0) is 30.3 Å². The summed E-state index contributed by atoms with van der Waals surface area (Å²) >= 11 is 0. The maximum Gasteiger partial charge on any atom is 0.337 e. The molecule has 0 spiro atoms. The zero-order valence-corrected chi connectivity index (χ0v) is 14.3. The van der Waals surface area contributed by atoms with Crippen LogP contribution in [0.25, 0.3) is 0 Å². The van der Waals surface area contributed by atoms with Gasteiger partial charge in [-0.2, -0.15) is 0 Å². The highest BCUT2D eigenvalue weighted by Gasteiger charge is 2.26. The molecule has 1 fully saturated rings. The van der Waals surface area contributed by atoms with E-state index in [1.54, 1.807) is 46.2 Å². The molecule has 1 aromatic carbocycles. The summed E-state index contributed by atoms with van der Waals surface area (Å²) in [4.78, 5) is 39.5. The molecule has 1 aliphatic rings. The number of furan rings is 1. The van der Waals surface area contributed by atoms with Gasteiger partial charge < -0.3 is 24.3 Å². The third kappa shape index (κ3) is 3.85. The van der Waals surface area contributed by atoms with Crippen molar-refractivity contribution in [1.29, 1.82) is 0 Å². The second-order valence-corrected chi connectivity index (χ2v) is 5.76. The quantitative estimate of drug-likeness (QED) is 0.849. The maximum absolute atomic E-state index is 12.4. The first-order valence-electron chi connectivity index (χ1n) is 8.15. The van der Waals surface area contributed by atoms with Gasteiger partial charge in [0.2, 0.25) is 0 Å². The van der Waals surface area contributed by atoms with Crippen LogP contribution in [0.1, 0.15) is 20.9 Å². The number of rotatable bonds is 3. The van der Waals surface area contributed by atoms with Gasteiger partial charge in [-0.3, -0.25) is 4.79 Å². The monoisotopic (exact) mass is 357 g/mol. The average molecular weight is 357 g/mol. The smallest absolute Gasteiger partial charge is 0.337 e. The minimum Gasteiger partial charge on any atom is -0.465 e. The summed E-state index contributed by atoms with van der Waals surface area (Å²) in [5, 5.41) is 2.76. The molecule has 8 heteroatoms. The van der Waals surface area contributed by atoms with E-state index in [2.05, 4.69) is 10.1 Å². The summed E-state index contributed by atoms with van der Waals surface area (Å²) in [6.07, 6.45) is 1.46. The van der Waals surface area contributed by atoms with E-state index < -0.39 is 5.97 Å². The van der Waals surface area contributed by atoms with Gasteiger partial charge in [-0.1, -0.05) is 6.07 Å². The lowest BCUT2D eigenvalue weighted by atomic mass is 10.2. The number of anilines is 1. The lowest BCUT2D eigenvalue weighted by molar-refractivity contribution is 0.0600. The van der Waals surface area contributed by atoms with E-state index in [1.165, 1.54) is 13.4 Å². The Bertz CT molecular complexity index is 795. The molecule has 0 unspecified atom stereocenters. The molecule has 1 aliphatic heterocycles. The van der Waals surface area contributed by atoms with E-state index in [4.69, 9.17) is 4.42 Å². The molecule has 2 aromatic rings. The Balaban J connectivity index is 1.56. The van der Waals surface area contributed by atoms with Crippen LogP contribution in [0.15, 0.2) is 47.1 Å². The average Bonchev–Trinajstić information content (AvgIpc) is 3.22. The highest BCUT2D eigenvalue weighted by atomic mass is 16.5. The number of nitrogens with zero attached hydrogens (tertiary/aromatic N) is 2. The molecule has 0 aliphatic carbocycles. The zero-order valence-electron chi connectivity index (χ0n) is 14.3. The predicted octanol–water partition coefficient (Wildman–Crippen LogP) is 2.06. The van der Waals surface area contributed by atoms with Gasteiger partial charge in [0.05, 0.1) is 18.9 Å². The Morgan fingerprint density at radius 2 is 1.77 bits per heavy atom. The Labute approximate surface area is 150 Å². The van der Waals surface area contributed by atoms with Crippen LogP contribution < -0.4 is 5.32 Å². The largest absolute Gasteiger partial charge is 0.465 e. The van der Waals surface area contributed by atoms with Crippen molar-refractivity contribution in [3.05, 3.63) is 54.0 Å². The first kappa shape index (κ1) is 17.5. The van der Waals surface area contributed by atoms with Crippen molar-refractivity contribution in [2.24, 2.45) is 0 Å². The topological polar surface area (TPSA) is 92.1 Å². The molecule has 136 valence electrons. The maximum atomic E-state index is 12.4. The van der Waals surface area contributed by atoms with Crippen molar-refractivity contribution >= 4 is 23.6 Å². The minimum atomic E-state index is -0.467. The molecular weight excluding hydrogens is 338 g/mol. The summed E-state index contributed by atoms with van der Waals surface area (Å²) < 4.78 is 9.79. The minimum absolute atomic E-state index is 0.180. The number of ether oxygens (including phenoxy) is 1. The molecule has 0 saturated carbocycles. The van der Waals surface area contributed by atoms with Crippen LogP contribution in [-0.4, -0.2) is 61.0 Å². The van der Waals surface area contributed by atoms with Crippen LogP contribution in [0, 0.1) is 0 Å². The van der Waals surface area contributed by atoms with Crippen molar-refractivity contribution in [2.75, 3.05) is 38.6 Å². The van der Waals surface area contributed by atoms with Crippen LogP contribution >= 0.6 is 0 Å². The van der Waals surface area contributed by atoms with Gasteiger partial charge in [0.15, 0.2) is 5.76 Å². The van der Waals surface area contributed by atoms with Crippen molar-refractivity contribution in [1.82, 2.24) is 9.80 Å². The predicted molar refractivity (Wildman–Crippen MR) is 93.0 cm³/mol. The Kier molecular flexibility index (Phi) is 5.21. The van der Waals surface area contributed by atoms with Crippen molar-refractivity contribution in [2.45, 2.75) is 0 Å². The number of carbonyl (C=O) groups excluding carboxylic acids is 3. The van der Waals surface area contributed by atoms with Gasteiger partial charge >= 0.3 is 12.0 Å². The zero-order chi connectivity index (χ0) is 18.5. The summed E-state index contributed by atoms with van der Waals surface area (Å²) in [6, 6.07) is 9.54. The van der Waals surface area contributed by atoms with Gasteiger partial charge in [-0.25, -0.2) is 9.59 Å². The van der Waals surface area contributed by atoms with E-state index in [-0.39, 0.29) is 11.9 Å². The highest BCUT2D eigenvalue weighted by Crippen LogP contribution is 2.14. The Hall–Kier alpha value is -3.29. The first-order valence-corrected chi connectivity index (χ1v) is 8.15. The van der Waals surface area contributed by atoms with Crippen LogP contribution in [0.3, 0.4) is 0 Å². The molecule has 3 amide bonds. The molecule has 1 aromatic heterocycles. The summed E-state index contributed by atoms with van der Waals surface area (Å²) in [6.45, 7) is 1.67. The SMILES string of the molecule is COC(=O)c1cccc(NC(=O)N2CCN(C(=O)c3ccco3)CC2)c1. The number of urea groups is 1.